The number of nitrogens with one attached hydrogen (secondary N) is 1. The number of hydrogen-bond donors (Lipinski definition) is 2. The fraction of sp³-hybridized carbons (Fsp3) is 0.583. The summed E-state index contributed by atoms with van der Waals surface area (Å²) in [6.45, 7) is 3.01. The molecule has 15 heavy (non-hydrogen) atoms. The molecule has 3 nitrogen and oxygen atoms in total. The van der Waals surface area contributed by atoms with Crippen LogP contribution < -0.4 is 5.32 Å². The number of aromatic nitrogens is 1. The van der Waals surface area contributed by atoms with Gasteiger partial charge in [0.15, 0.2) is 0 Å². The van der Waals surface area contributed by atoms with E-state index in [1.165, 1.54) is 12.8 Å². The van der Waals surface area contributed by atoms with Gasteiger partial charge in [-0.3, -0.25) is 4.98 Å². The molecule has 2 atom stereocenters. The molecule has 0 radical (unpaired) electrons. The molecule has 0 spiro atoms. The minimum Gasteiger partial charge on any atom is -0.385 e. The number of nitrogens with zero attached hydrogens (tertiary/aromatic N) is 1. The summed E-state index contributed by atoms with van der Waals surface area (Å²) in [5.41, 5.74) is 1.91. The zero-order chi connectivity index (χ0) is 10.7. The third-order valence-corrected chi connectivity index (χ3v) is 2.97. The molecule has 1 aliphatic rings. The molecule has 2 heterocycles. The summed E-state index contributed by atoms with van der Waals surface area (Å²) < 4.78 is 0. The highest BCUT2D eigenvalue weighted by Crippen LogP contribution is 2.21. The molecule has 2 unspecified atom stereocenters. The molecule has 82 valence electrons. The molecule has 2 rings (SSSR count). The first-order valence-electron chi connectivity index (χ1n) is 5.61. The number of hydrogen-bond acceptors (Lipinski definition) is 3. The van der Waals surface area contributed by atoms with E-state index in [4.69, 9.17) is 0 Å². The predicted molar refractivity (Wildman–Crippen MR) is 59.6 cm³/mol. The Hall–Kier alpha value is -0.930. The van der Waals surface area contributed by atoms with Crippen molar-refractivity contribution < 1.29 is 5.11 Å². The molecule has 3 heteroatoms. The predicted octanol–water partition coefficient (Wildman–Crippen LogP) is 1.57. The van der Waals surface area contributed by atoms with Crippen molar-refractivity contribution in [2.45, 2.75) is 38.3 Å². The summed E-state index contributed by atoms with van der Waals surface area (Å²) in [6, 6.07) is 4.08. The van der Waals surface area contributed by atoms with Gasteiger partial charge in [0, 0.05) is 12.2 Å². The van der Waals surface area contributed by atoms with Gasteiger partial charge in [0.2, 0.25) is 0 Å². The average molecular weight is 206 g/mol. The van der Waals surface area contributed by atoms with E-state index >= 15 is 0 Å². The topological polar surface area (TPSA) is 45.1 Å². The Bertz CT molecular complexity index is 304. The van der Waals surface area contributed by atoms with Crippen LogP contribution in [0.3, 0.4) is 0 Å². The summed E-state index contributed by atoms with van der Waals surface area (Å²) in [6.07, 6.45) is 4.79. The van der Waals surface area contributed by atoms with Crippen molar-refractivity contribution in [3.63, 3.8) is 0 Å². The lowest BCUT2D eigenvalue weighted by Crippen LogP contribution is -2.39. The van der Waals surface area contributed by atoms with Crippen LogP contribution in [-0.2, 0) is 0 Å². The number of aliphatic hydroxyl groups is 1. The molecule has 1 aromatic heterocycles. The molecular weight excluding hydrogens is 188 g/mol. The van der Waals surface area contributed by atoms with Crippen LogP contribution >= 0.6 is 0 Å². The zero-order valence-electron chi connectivity index (χ0n) is 9.11. The van der Waals surface area contributed by atoms with Gasteiger partial charge in [-0.1, -0.05) is 12.5 Å². The largest absolute Gasteiger partial charge is 0.385 e. The van der Waals surface area contributed by atoms with Crippen LogP contribution in [0.2, 0.25) is 0 Å². The van der Waals surface area contributed by atoms with E-state index in [-0.39, 0.29) is 6.04 Å². The number of rotatable bonds is 2. The van der Waals surface area contributed by atoms with Crippen molar-refractivity contribution in [1.29, 1.82) is 0 Å². The van der Waals surface area contributed by atoms with Gasteiger partial charge >= 0.3 is 0 Å². The quantitative estimate of drug-likeness (QED) is 0.772. The molecule has 1 fully saturated rings. The molecule has 1 aliphatic heterocycles. The van der Waals surface area contributed by atoms with Gasteiger partial charge in [-0.2, -0.15) is 0 Å². The number of aryl methyl sites for hydroxylation is 1. The Balaban J connectivity index is 2.05. The highest BCUT2D eigenvalue weighted by molar-refractivity contribution is 5.15. The van der Waals surface area contributed by atoms with Crippen LogP contribution in [0.25, 0.3) is 0 Å². The van der Waals surface area contributed by atoms with Crippen LogP contribution in [0.5, 0.6) is 0 Å². The van der Waals surface area contributed by atoms with Crippen LogP contribution in [0.15, 0.2) is 18.3 Å². The van der Waals surface area contributed by atoms with Gasteiger partial charge in [0.25, 0.3) is 0 Å². The van der Waals surface area contributed by atoms with Crippen molar-refractivity contribution in [2.75, 3.05) is 6.54 Å². The molecule has 1 aromatic rings. The Morgan fingerprint density at radius 3 is 2.93 bits per heavy atom. The fourth-order valence-electron chi connectivity index (χ4n) is 2.01. The highest BCUT2D eigenvalue weighted by Gasteiger charge is 2.23. The van der Waals surface area contributed by atoms with E-state index in [0.29, 0.717) is 0 Å². The molecule has 2 N–H and O–H groups in total. The maximum Gasteiger partial charge on any atom is 0.111 e. The Kier molecular flexibility index (Phi) is 3.34. The van der Waals surface area contributed by atoms with Crippen molar-refractivity contribution in [1.82, 2.24) is 10.3 Å². The van der Waals surface area contributed by atoms with Gasteiger partial charge in [0.05, 0.1) is 5.69 Å². The van der Waals surface area contributed by atoms with Gasteiger partial charge in [-0.25, -0.2) is 0 Å². The van der Waals surface area contributed by atoms with Gasteiger partial charge in [-0.05, 0) is 37.9 Å². The lowest BCUT2D eigenvalue weighted by molar-refractivity contribution is 0.110. The van der Waals surface area contributed by atoms with E-state index in [2.05, 4.69) is 10.3 Å². The minimum atomic E-state index is -0.467. The van der Waals surface area contributed by atoms with Crippen molar-refractivity contribution >= 4 is 0 Å². The van der Waals surface area contributed by atoms with Crippen LogP contribution in [0.1, 0.15) is 36.6 Å². The van der Waals surface area contributed by atoms with Gasteiger partial charge < -0.3 is 10.4 Å². The third kappa shape index (κ3) is 2.55. The van der Waals surface area contributed by atoms with E-state index in [1.54, 1.807) is 6.20 Å². The Morgan fingerprint density at radius 1 is 1.47 bits per heavy atom. The summed E-state index contributed by atoms with van der Waals surface area (Å²) in [7, 11) is 0. The maximum absolute atomic E-state index is 10.1. The normalized spacial score (nSPS) is 23.7. The lowest BCUT2D eigenvalue weighted by Gasteiger charge is -2.27. The van der Waals surface area contributed by atoms with Crippen LogP contribution in [0, 0.1) is 6.92 Å². The SMILES string of the molecule is Cc1ccc(C(O)C2CCCCN2)nc1. The average Bonchev–Trinajstić information content (AvgIpc) is 2.30. The number of pyridine rings is 1. The maximum atomic E-state index is 10.1. The van der Waals surface area contributed by atoms with Crippen molar-refractivity contribution in [2.24, 2.45) is 0 Å². The molecular formula is C12H18N2O. The Morgan fingerprint density at radius 2 is 2.33 bits per heavy atom. The van der Waals surface area contributed by atoms with E-state index in [9.17, 15) is 5.11 Å². The first-order chi connectivity index (χ1) is 7.27. The van der Waals surface area contributed by atoms with Crippen molar-refractivity contribution in [3.8, 4) is 0 Å². The standard InChI is InChI=1S/C12H18N2O/c1-9-5-6-11(14-8-9)12(15)10-4-2-3-7-13-10/h5-6,8,10,12-13,15H,2-4,7H2,1H3. The second-order valence-corrected chi connectivity index (χ2v) is 4.26. The molecule has 0 amide bonds. The molecule has 0 aliphatic carbocycles. The summed E-state index contributed by atoms with van der Waals surface area (Å²) in [5.74, 6) is 0. The van der Waals surface area contributed by atoms with Crippen LogP contribution in [-0.4, -0.2) is 22.7 Å². The summed E-state index contributed by atoms with van der Waals surface area (Å²) in [5, 5.41) is 13.5. The molecule has 1 saturated heterocycles. The van der Waals surface area contributed by atoms with Gasteiger partial charge in [0.1, 0.15) is 6.10 Å². The number of piperidine rings is 1. The molecule has 0 aromatic carbocycles. The van der Waals surface area contributed by atoms with E-state index in [1.807, 2.05) is 19.1 Å². The van der Waals surface area contributed by atoms with E-state index < -0.39 is 6.10 Å². The number of aliphatic hydroxyl groups excluding tert-OH is 1. The highest BCUT2D eigenvalue weighted by atomic mass is 16.3. The third-order valence-electron chi connectivity index (χ3n) is 2.97. The molecule has 0 saturated carbocycles. The monoisotopic (exact) mass is 206 g/mol. The van der Waals surface area contributed by atoms with Crippen molar-refractivity contribution in [3.05, 3.63) is 29.6 Å². The summed E-state index contributed by atoms with van der Waals surface area (Å²) in [4.78, 5) is 4.26. The first-order valence-corrected chi connectivity index (χ1v) is 5.61. The fourth-order valence-corrected chi connectivity index (χ4v) is 2.01. The lowest BCUT2D eigenvalue weighted by atomic mass is 9.97. The zero-order valence-corrected chi connectivity index (χ0v) is 9.11. The second-order valence-electron chi connectivity index (χ2n) is 4.26. The molecule has 0 bridgehead atoms. The minimum absolute atomic E-state index is 0.175. The van der Waals surface area contributed by atoms with Gasteiger partial charge in [-0.15, -0.1) is 0 Å². The summed E-state index contributed by atoms with van der Waals surface area (Å²) >= 11 is 0. The van der Waals surface area contributed by atoms with E-state index in [0.717, 1.165) is 24.2 Å². The second kappa shape index (κ2) is 4.73. The Labute approximate surface area is 90.5 Å². The smallest absolute Gasteiger partial charge is 0.111 e. The first kappa shape index (κ1) is 10.6. The van der Waals surface area contributed by atoms with Crippen LogP contribution in [0.4, 0.5) is 0 Å².